The average Bonchev–Trinajstić information content (AvgIpc) is 3.55. The molecule has 1 saturated heterocycles. The molecule has 1 aliphatic carbocycles. The molecule has 9 nitrogen and oxygen atoms in total. The SMILES string of the molecule is C[C@H]1COCCN1c1nccc2oc(-c3cnc4ccc(OC[C@@H]5CCC(=O)C5)nn34)cc12. The first-order valence-electron chi connectivity index (χ1n) is 11.4. The second-order valence-electron chi connectivity index (χ2n) is 8.82. The van der Waals surface area contributed by atoms with E-state index in [9.17, 15) is 4.79 Å². The lowest BCUT2D eigenvalue weighted by molar-refractivity contribution is -0.117. The Morgan fingerprint density at radius 1 is 1.24 bits per heavy atom. The van der Waals surface area contributed by atoms with Crippen molar-refractivity contribution in [2.75, 3.05) is 31.3 Å². The maximum Gasteiger partial charge on any atom is 0.231 e. The molecule has 9 heteroatoms. The van der Waals surface area contributed by atoms with Crippen molar-refractivity contribution in [2.45, 2.75) is 32.2 Å². The number of pyridine rings is 1. The van der Waals surface area contributed by atoms with Crippen LogP contribution in [-0.2, 0) is 9.53 Å². The van der Waals surface area contributed by atoms with Gasteiger partial charge in [0, 0.05) is 37.6 Å². The highest BCUT2D eigenvalue weighted by molar-refractivity contribution is 5.92. The first-order chi connectivity index (χ1) is 16.2. The van der Waals surface area contributed by atoms with Crippen LogP contribution >= 0.6 is 0 Å². The predicted molar refractivity (Wildman–Crippen MR) is 121 cm³/mol. The molecule has 4 aromatic rings. The molecule has 2 fully saturated rings. The fourth-order valence-electron chi connectivity index (χ4n) is 4.68. The fraction of sp³-hybridized carbons (Fsp3) is 0.417. The molecule has 0 N–H and O–H groups in total. The van der Waals surface area contributed by atoms with E-state index < -0.39 is 0 Å². The van der Waals surface area contributed by atoms with E-state index in [-0.39, 0.29) is 12.0 Å². The van der Waals surface area contributed by atoms with Gasteiger partial charge in [-0.05, 0) is 31.5 Å². The van der Waals surface area contributed by atoms with E-state index in [1.807, 2.05) is 24.3 Å². The van der Waals surface area contributed by atoms with Crippen molar-refractivity contribution in [1.82, 2.24) is 19.6 Å². The number of carbonyl (C=O) groups is 1. The molecular formula is C24H25N5O4. The molecule has 170 valence electrons. The number of hydrogen-bond acceptors (Lipinski definition) is 8. The minimum Gasteiger partial charge on any atom is -0.476 e. The van der Waals surface area contributed by atoms with Gasteiger partial charge in [-0.25, -0.2) is 14.5 Å². The number of rotatable bonds is 5. The number of fused-ring (bicyclic) bond motifs is 2. The molecule has 0 aromatic carbocycles. The average molecular weight is 447 g/mol. The number of ether oxygens (including phenoxy) is 2. The lowest BCUT2D eigenvalue weighted by atomic mass is 10.1. The minimum absolute atomic E-state index is 0.238. The van der Waals surface area contributed by atoms with Crippen LogP contribution in [0.15, 0.2) is 41.1 Å². The molecule has 6 rings (SSSR count). The summed E-state index contributed by atoms with van der Waals surface area (Å²) in [5.41, 5.74) is 2.21. The summed E-state index contributed by atoms with van der Waals surface area (Å²) in [5, 5.41) is 5.58. The zero-order valence-corrected chi connectivity index (χ0v) is 18.4. The molecule has 0 bridgehead atoms. The zero-order chi connectivity index (χ0) is 22.4. The molecule has 1 saturated carbocycles. The van der Waals surface area contributed by atoms with E-state index in [2.05, 4.69) is 26.9 Å². The lowest BCUT2D eigenvalue weighted by Gasteiger charge is -2.34. The molecule has 0 radical (unpaired) electrons. The zero-order valence-electron chi connectivity index (χ0n) is 18.4. The second-order valence-corrected chi connectivity index (χ2v) is 8.82. The number of morpholine rings is 1. The Morgan fingerprint density at radius 3 is 3.03 bits per heavy atom. The third kappa shape index (κ3) is 3.72. The molecule has 5 heterocycles. The summed E-state index contributed by atoms with van der Waals surface area (Å²) in [5.74, 6) is 2.64. The van der Waals surface area contributed by atoms with Gasteiger partial charge in [0.25, 0.3) is 0 Å². The van der Waals surface area contributed by atoms with Gasteiger partial charge in [-0.1, -0.05) is 0 Å². The molecule has 0 amide bonds. The number of furan rings is 1. The molecule has 2 aliphatic rings. The highest BCUT2D eigenvalue weighted by atomic mass is 16.5. The van der Waals surface area contributed by atoms with Crippen molar-refractivity contribution in [3.05, 3.63) is 36.7 Å². The maximum absolute atomic E-state index is 11.5. The van der Waals surface area contributed by atoms with Crippen LogP contribution in [0.2, 0.25) is 0 Å². The second kappa shape index (κ2) is 8.15. The van der Waals surface area contributed by atoms with E-state index >= 15 is 0 Å². The number of Topliss-reactive ketones (excluding diaryl/α,β-unsaturated/α-hetero) is 1. The molecule has 33 heavy (non-hydrogen) atoms. The highest BCUT2D eigenvalue weighted by Gasteiger charge is 2.25. The lowest BCUT2D eigenvalue weighted by Crippen LogP contribution is -2.44. The standard InChI is InChI=1S/C24H25N5O4/c1-15-13-31-9-8-28(15)24-18-11-21(33-20(18)6-7-25-24)19-12-26-22-4-5-23(27-29(19)22)32-14-16-2-3-17(30)10-16/h4-7,11-12,15-16H,2-3,8-10,13-14H2,1H3/t15-,16+/m0/s1. The predicted octanol–water partition coefficient (Wildman–Crippen LogP) is 3.51. The van der Waals surface area contributed by atoms with Crippen molar-refractivity contribution in [3.8, 4) is 17.3 Å². The summed E-state index contributed by atoms with van der Waals surface area (Å²) in [6.45, 7) is 4.78. The number of hydrogen-bond donors (Lipinski definition) is 0. The summed E-state index contributed by atoms with van der Waals surface area (Å²) in [6.07, 6.45) is 5.66. The molecule has 1 aliphatic heterocycles. The third-order valence-corrected chi connectivity index (χ3v) is 6.47. The summed E-state index contributed by atoms with van der Waals surface area (Å²) in [6, 6.07) is 7.80. The number of anilines is 1. The smallest absolute Gasteiger partial charge is 0.231 e. The van der Waals surface area contributed by atoms with Crippen LogP contribution in [0.3, 0.4) is 0 Å². The van der Waals surface area contributed by atoms with Crippen LogP contribution in [-0.4, -0.2) is 57.8 Å². The van der Waals surface area contributed by atoms with Gasteiger partial charge in [0.05, 0.1) is 37.4 Å². The monoisotopic (exact) mass is 447 g/mol. The third-order valence-electron chi connectivity index (χ3n) is 6.47. The van der Waals surface area contributed by atoms with Crippen molar-refractivity contribution in [2.24, 2.45) is 5.92 Å². The summed E-state index contributed by atoms with van der Waals surface area (Å²) in [7, 11) is 0. The number of carbonyl (C=O) groups excluding carboxylic acids is 1. The fourth-order valence-corrected chi connectivity index (χ4v) is 4.68. The Balaban J connectivity index is 1.32. The van der Waals surface area contributed by atoms with Crippen molar-refractivity contribution >= 4 is 28.2 Å². The van der Waals surface area contributed by atoms with E-state index in [0.29, 0.717) is 55.7 Å². The van der Waals surface area contributed by atoms with Gasteiger partial charge in [-0.3, -0.25) is 4.79 Å². The largest absolute Gasteiger partial charge is 0.476 e. The van der Waals surface area contributed by atoms with Gasteiger partial charge in [0.15, 0.2) is 11.4 Å². The molecule has 2 atom stereocenters. The van der Waals surface area contributed by atoms with Crippen molar-refractivity contribution in [3.63, 3.8) is 0 Å². The van der Waals surface area contributed by atoms with Crippen LogP contribution in [0.25, 0.3) is 28.1 Å². The topological polar surface area (TPSA) is 95.0 Å². The summed E-state index contributed by atoms with van der Waals surface area (Å²) >= 11 is 0. The van der Waals surface area contributed by atoms with Crippen LogP contribution in [0.4, 0.5) is 5.82 Å². The Kier molecular flexibility index (Phi) is 4.98. The maximum atomic E-state index is 11.5. The van der Waals surface area contributed by atoms with Gasteiger partial charge in [0.2, 0.25) is 5.88 Å². The Hall–Kier alpha value is -3.46. The van der Waals surface area contributed by atoms with Gasteiger partial charge in [0.1, 0.15) is 22.9 Å². The van der Waals surface area contributed by atoms with E-state index in [1.54, 1.807) is 16.9 Å². The van der Waals surface area contributed by atoms with E-state index in [0.717, 1.165) is 35.4 Å². The summed E-state index contributed by atoms with van der Waals surface area (Å²) < 4.78 is 19.4. The van der Waals surface area contributed by atoms with Crippen molar-refractivity contribution < 1.29 is 18.7 Å². The van der Waals surface area contributed by atoms with E-state index in [1.165, 1.54) is 0 Å². The molecule has 4 aromatic heterocycles. The van der Waals surface area contributed by atoms with Gasteiger partial charge in [-0.15, -0.1) is 5.10 Å². The highest BCUT2D eigenvalue weighted by Crippen LogP contribution is 2.34. The van der Waals surface area contributed by atoms with Crippen LogP contribution in [0, 0.1) is 5.92 Å². The Labute approximate surface area is 190 Å². The van der Waals surface area contributed by atoms with Crippen LogP contribution < -0.4 is 9.64 Å². The number of imidazole rings is 1. The normalized spacial score (nSPS) is 21.4. The van der Waals surface area contributed by atoms with Crippen LogP contribution in [0.1, 0.15) is 26.2 Å². The molecule has 0 spiro atoms. The number of nitrogens with zero attached hydrogens (tertiary/aromatic N) is 5. The first-order valence-corrected chi connectivity index (χ1v) is 11.4. The van der Waals surface area contributed by atoms with Gasteiger partial charge in [-0.2, -0.15) is 0 Å². The summed E-state index contributed by atoms with van der Waals surface area (Å²) in [4.78, 5) is 22.9. The quantitative estimate of drug-likeness (QED) is 0.459. The van der Waals surface area contributed by atoms with Crippen molar-refractivity contribution in [1.29, 1.82) is 0 Å². The van der Waals surface area contributed by atoms with E-state index in [4.69, 9.17) is 13.9 Å². The van der Waals surface area contributed by atoms with Crippen LogP contribution in [0.5, 0.6) is 5.88 Å². The minimum atomic E-state index is 0.238. The Morgan fingerprint density at radius 2 is 2.18 bits per heavy atom. The van der Waals surface area contributed by atoms with Gasteiger partial charge < -0.3 is 18.8 Å². The first kappa shape index (κ1) is 20.2. The number of aromatic nitrogens is 4. The Bertz CT molecular complexity index is 1330. The number of ketones is 1. The molecular weight excluding hydrogens is 422 g/mol. The van der Waals surface area contributed by atoms with Gasteiger partial charge >= 0.3 is 0 Å². The molecule has 0 unspecified atom stereocenters.